The van der Waals surface area contributed by atoms with Crippen molar-refractivity contribution in [3.63, 3.8) is 0 Å². The molecule has 0 aliphatic rings. The predicted molar refractivity (Wildman–Crippen MR) is 51.1 cm³/mol. The van der Waals surface area contributed by atoms with Crippen molar-refractivity contribution in [2.45, 2.75) is 64.6 Å². The van der Waals surface area contributed by atoms with Crippen molar-refractivity contribution in [3.8, 4) is 0 Å². The van der Waals surface area contributed by atoms with Gasteiger partial charge in [-0.2, -0.15) is 0 Å². The molecule has 74 valence electrons. The van der Waals surface area contributed by atoms with Gasteiger partial charge in [0.1, 0.15) is 0 Å². The number of hydrogen-bond donors (Lipinski definition) is 2. The third-order valence-corrected chi connectivity index (χ3v) is 1.99. The first kappa shape index (κ1) is 11.9. The summed E-state index contributed by atoms with van der Waals surface area (Å²) in [6.45, 7) is 3.66. The topological polar surface area (TPSA) is 40.5 Å². The Labute approximate surface area is 75.6 Å². The standard InChI is InChI=1S/C10H22O2/c1-9(11)7-5-3-4-6-8-10(2)12/h9-12H,3-8H2,1-2H3. The van der Waals surface area contributed by atoms with E-state index in [2.05, 4.69) is 0 Å². The zero-order valence-electron chi connectivity index (χ0n) is 8.29. The normalized spacial score (nSPS) is 16.0. The highest BCUT2D eigenvalue weighted by molar-refractivity contribution is 4.51. The van der Waals surface area contributed by atoms with Crippen LogP contribution in [0, 0.1) is 0 Å². The van der Waals surface area contributed by atoms with Crippen molar-refractivity contribution in [2.75, 3.05) is 0 Å². The minimum Gasteiger partial charge on any atom is -0.393 e. The van der Waals surface area contributed by atoms with Crippen LogP contribution >= 0.6 is 0 Å². The summed E-state index contributed by atoms with van der Waals surface area (Å²) < 4.78 is 0. The average molecular weight is 174 g/mol. The molecule has 0 radical (unpaired) electrons. The second kappa shape index (κ2) is 7.56. The van der Waals surface area contributed by atoms with Crippen LogP contribution in [0.1, 0.15) is 52.4 Å². The van der Waals surface area contributed by atoms with E-state index in [1.54, 1.807) is 0 Å². The first-order valence-electron chi connectivity index (χ1n) is 4.99. The minimum absolute atomic E-state index is 0.151. The number of unbranched alkanes of at least 4 members (excludes halogenated alkanes) is 3. The molecule has 0 aliphatic heterocycles. The van der Waals surface area contributed by atoms with Gasteiger partial charge in [-0.3, -0.25) is 0 Å². The van der Waals surface area contributed by atoms with Crippen molar-refractivity contribution in [1.82, 2.24) is 0 Å². The Morgan fingerprint density at radius 3 is 1.33 bits per heavy atom. The van der Waals surface area contributed by atoms with Crippen LogP contribution in [0.4, 0.5) is 0 Å². The van der Waals surface area contributed by atoms with Gasteiger partial charge in [0, 0.05) is 0 Å². The zero-order valence-corrected chi connectivity index (χ0v) is 8.29. The van der Waals surface area contributed by atoms with Crippen LogP contribution in [0.5, 0.6) is 0 Å². The van der Waals surface area contributed by atoms with Crippen LogP contribution in [-0.2, 0) is 0 Å². The Kier molecular flexibility index (Phi) is 7.51. The van der Waals surface area contributed by atoms with Gasteiger partial charge in [-0.05, 0) is 26.7 Å². The lowest BCUT2D eigenvalue weighted by Crippen LogP contribution is -2.00. The summed E-state index contributed by atoms with van der Waals surface area (Å²) in [5, 5.41) is 17.9. The maximum Gasteiger partial charge on any atom is 0.0512 e. The molecule has 0 rings (SSSR count). The maximum atomic E-state index is 8.96. The molecule has 12 heavy (non-hydrogen) atoms. The van der Waals surface area contributed by atoms with Gasteiger partial charge in [0.2, 0.25) is 0 Å². The van der Waals surface area contributed by atoms with Crippen molar-refractivity contribution in [3.05, 3.63) is 0 Å². The molecule has 0 amide bonds. The van der Waals surface area contributed by atoms with Crippen LogP contribution in [-0.4, -0.2) is 22.4 Å². The first-order chi connectivity index (χ1) is 5.63. The van der Waals surface area contributed by atoms with Crippen LogP contribution in [0.15, 0.2) is 0 Å². The Balaban J connectivity index is 2.91. The number of hydrogen-bond acceptors (Lipinski definition) is 2. The highest BCUT2D eigenvalue weighted by Gasteiger charge is 1.97. The summed E-state index contributed by atoms with van der Waals surface area (Å²) in [4.78, 5) is 0. The summed E-state index contributed by atoms with van der Waals surface area (Å²) in [7, 11) is 0. The Morgan fingerprint density at radius 1 is 0.750 bits per heavy atom. The molecule has 2 heteroatoms. The van der Waals surface area contributed by atoms with Gasteiger partial charge in [0.05, 0.1) is 12.2 Å². The summed E-state index contributed by atoms with van der Waals surface area (Å²) in [5.41, 5.74) is 0. The Hall–Kier alpha value is -0.0800. The van der Waals surface area contributed by atoms with E-state index < -0.39 is 0 Å². The minimum atomic E-state index is -0.151. The average Bonchev–Trinajstić information content (AvgIpc) is 1.95. The van der Waals surface area contributed by atoms with Crippen LogP contribution in [0.3, 0.4) is 0 Å². The van der Waals surface area contributed by atoms with Gasteiger partial charge < -0.3 is 10.2 Å². The van der Waals surface area contributed by atoms with Crippen molar-refractivity contribution in [1.29, 1.82) is 0 Å². The third-order valence-electron chi connectivity index (χ3n) is 1.99. The Bertz CT molecular complexity index is 77.8. The van der Waals surface area contributed by atoms with E-state index in [-0.39, 0.29) is 12.2 Å². The molecule has 0 aliphatic carbocycles. The fraction of sp³-hybridized carbons (Fsp3) is 1.00. The Morgan fingerprint density at radius 2 is 1.08 bits per heavy atom. The van der Waals surface area contributed by atoms with Gasteiger partial charge in [-0.25, -0.2) is 0 Å². The van der Waals surface area contributed by atoms with Crippen LogP contribution in [0.25, 0.3) is 0 Å². The van der Waals surface area contributed by atoms with E-state index in [9.17, 15) is 0 Å². The largest absolute Gasteiger partial charge is 0.393 e. The lowest BCUT2D eigenvalue weighted by atomic mass is 10.1. The van der Waals surface area contributed by atoms with E-state index in [4.69, 9.17) is 10.2 Å². The molecule has 0 aromatic heterocycles. The van der Waals surface area contributed by atoms with E-state index in [0.29, 0.717) is 0 Å². The van der Waals surface area contributed by atoms with Crippen LogP contribution < -0.4 is 0 Å². The lowest BCUT2D eigenvalue weighted by Gasteiger charge is -2.04. The quantitative estimate of drug-likeness (QED) is 0.580. The molecule has 0 saturated carbocycles. The lowest BCUT2D eigenvalue weighted by molar-refractivity contribution is 0.174. The van der Waals surface area contributed by atoms with Crippen molar-refractivity contribution in [2.24, 2.45) is 0 Å². The van der Waals surface area contributed by atoms with E-state index in [1.165, 1.54) is 12.8 Å². The van der Waals surface area contributed by atoms with Gasteiger partial charge in [-0.1, -0.05) is 25.7 Å². The smallest absolute Gasteiger partial charge is 0.0512 e. The summed E-state index contributed by atoms with van der Waals surface area (Å²) in [6.07, 6.45) is 6.09. The highest BCUT2D eigenvalue weighted by Crippen LogP contribution is 2.08. The van der Waals surface area contributed by atoms with Crippen molar-refractivity contribution < 1.29 is 10.2 Å². The SMILES string of the molecule is CC(O)CCCCCCC(C)O. The molecule has 2 N–H and O–H groups in total. The fourth-order valence-corrected chi connectivity index (χ4v) is 1.23. The van der Waals surface area contributed by atoms with E-state index >= 15 is 0 Å². The maximum absolute atomic E-state index is 8.96. The molecule has 0 spiro atoms. The molecule has 2 atom stereocenters. The number of aliphatic hydroxyl groups excluding tert-OH is 2. The second-order valence-corrected chi connectivity index (χ2v) is 3.69. The molecule has 0 aromatic rings. The first-order valence-corrected chi connectivity index (χ1v) is 4.99. The fourth-order valence-electron chi connectivity index (χ4n) is 1.23. The third kappa shape index (κ3) is 9.92. The number of aliphatic hydroxyl groups is 2. The van der Waals surface area contributed by atoms with Crippen LogP contribution in [0.2, 0.25) is 0 Å². The van der Waals surface area contributed by atoms with Gasteiger partial charge >= 0.3 is 0 Å². The van der Waals surface area contributed by atoms with Crippen molar-refractivity contribution >= 4 is 0 Å². The second-order valence-electron chi connectivity index (χ2n) is 3.69. The van der Waals surface area contributed by atoms with Gasteiger partial charge in [0.15, 0.2) is 0 Å². The van der Waals surface area contributed by atoms with Gasteiger partial charge in [0.25, 0.3) is 0 Å². The molecule has 0 bridgehead atoms. The molecule has 0 aromatic carbocycles. The van der Waals surface area contributed by atoms with E-state index in [0.717, 1.165) is 25.7 Å². The zero-order chi connectivity index (χ0) is 9.40. The molecular formula is C10H22O2. The molecule has 2 unspecified atom stereocenters. The molecule has 2 nitrogen and oxygen atoms in total. The predicted octanol–water partition coefficient (Wildman–Crippen LogP) is 2.09. The number of rotatable bonds is 7. The van der Waals surface area contributed by atoms with Gasteiger partial charge in [-0.15, -0.1) is 0 Å². The molecule has 0 heterocycles. The molecule has 0 saturated heterocycles. The summed E-state index contributed by atoms with van der Waals surface area (Å²) in [6, 6.07) is 0. The summed E-state index contributed by atoms with van der Waals surface area (Å²) in [5.74, 6) is 0. The summed E-state index contributed by atoms with van der Waals surface area (Å²) >= 11 is 0. The monoisotopic (exact) mass is 174 g/mol. The highest BCUT2D eigenvalue weighted by atomic mass is 16.3. The molecule has 0 fully saturated rings. The molecular weight excluding hydrogens is 152 g/mol. The van der Waals surface area contributed by atoms with E-state index in [1.807, 2.05) is 13.8 Å².